The topological polar surface area (TPSA) is 97.7 Å². The number of carboxylic acids is 1. The maximum Gasteiger partial charge on any atom is 0.329 e. The van der Waals surface area contributed by atoms with Crippen LogP contribution >= 0.6 is 11.6 Å². The molecule has 216 valence electrons. The van der Waals surface area contributed by atoms with Crippen LogP contribution in [-0.2, 0) is 14.3 Å². The van der Waals surface area contributed by atoms with Crippen LogP contribution in [-0.4, -0.2) is 129 Å². The number of aliphatic hydroxyl groups is 1. The fourth-order valence-electron chi connectivity index (χ4n) is 4.79. The number of nitrogens with zero attached hydrogens (tertiary/aromatic N) is 3. The Hall–Kier alpha value is -2.08. The molecule has 2 aromatic carbocycles. The molecule has 39 heavy (non-hydrogen) atoms. The lowest BCUT2D eigenvalue weighted by Crippen LogP contribution is -2.48. The molecule has 2 saturated heterocycles. The van der Waals surface area contributed by atoms with Gasteiger partial charge in [-0.1, -0.05) is 54.1 Å². The maximum atomic E-state index is 10.5. The number of halogens is 1. The number of aliphatic hydroxyl groups excluding tert-OH is 1. The van der Waals surface area contributed by atoms with Crippen LogP contribution in [0.5, 0.6) is 0 Å². The number of rotatable bonds is 13. The molecule has 2 aliphatic rings. The highest BCUT2D eigenvalue weighted by Crippen LogP contribution is 2.30. The first kappa shape index (κ1) is 31.4. The minimum absolute atomic E-state index is 0.127. The molecule has 2 aromatic rings. The number of hydrogen-bond acceptors (Lipinski definition) is 8. The van der Waals surface area contributed by atoms with E-state index in [0.29, 0.717) is 13.2 Å². The number of ether oxygens (including phenoxy) is 2. The van der Waals surface area contributed by atoms with Crippen molar-refractivity contribution in [3.63, 3.8) is 0 Å². The van der Waals surface area contributed by atoms with Gasteiger partial charge in [-0.15, -0.1) is 0 Å². The van der Waals surface area contributed by atoms with E-state index in [0.717, 1.165) is 77.1 Å². The Balaban J connectivity index is 0.000000293. The van der Waals surface area contributed by atoms with Crippen LogP contribution < -0.4 is 5.32 Å². The summed E-state index contributed by atoms with van der Waals surface area (Å²) in [5, 5.41) is 21.1. The van der Waals surface area contributed by atoms with Gasteiger partial charge >= 0.3 is 5.97 Å². The van der Waals surface area contributed by atoms with Crippen LogP contribution in [0, 0.1) is 0 Å². The summed E-state index contributed by atoms with van der Waals surface area (Å²) < 4.78 is 10.3. The minimum Gasteiger partial charge on any atom is -0.480 e. The molecule has 3 N–H and O–H groups in total. The normalized spacial score (nSPS) is 17.8. The molecule has 0 amide bonds. The predicted molar refractivity (Wildman–Crippen MR) is 153 cm³/mol. The van der Waals surface area contributed by atoms with Crippen LogP contribution in [0.2, 0.25) is 5.02 Å². The summed E-state index contributed by atoms with van der Waals surface area (Å²) in [7, 11) is 0. The zero-order valence-electron chi connectivity index (χ0n) is 22.7. The van der Waals surface area contributed by atoms with Gasteiger partial charge in [0.25, 0.3) is 0 Å². The Morgan fingerprint density at radius 1 is 0.821 bits per heavy atom. The van der Waals surface area contributed by atoms with Gasteiger partial charge in [0.15, 0.2) is 0 Å². The third kappa shape index (κ3) is 11.9. The van der Waals surface area contributed by atoms with Crippen molar-refractivity contribution in [3.05, 3.63) is 70.7 Å². The fraction of sp³-hybridized carbons (Fsp3) is 0.552. The highest BCUT2D eigenvalue weighted by Gasteiger charge is 2.26. The molecule has 9 nitrogen and oxygen atoms in total. The average molecular weight is 563 g/mol. The molecule has 0 radical (unpaired) electrons. The standard InChI is InChI=1S/C21H25ClN2O3.C8H18N2O2/c22-19-8-6-18(7-9-19)21(17-4-2-1-3-5-17)24-12-10-23(11-13-24)14-15-27-16-20(25)26;11-6-8-12-7-5-10-3-1-9-2-4-10/h1-9,21H,10-16H2,(H,25,26);9,11H,1-8H2. The highest BCUT2D eigenvalue weighted by molar-refractivity contribution is 6.30. The Morgan fingerprint density at radius 3 is 2.03 bits per heavy atom. The van der Waals surface area contributed by atoms with Gasteiger partial charge in [-0.2, -0.15) is 0 Å². The first-order chi connectivity index (χ1) is 19.1. The number of carbonyl (C=O) groups is 1. The zero-order chi connectivity index (χ0) is 27.7. The van der Waals surface area contributed by atoms with E-state index in [1.54, 1.807) is 0 Å². The van der Waals surface area contributed by atoms with Crippen molar-refractivity contribution in [1.29, 1.82) is 0 Å². The molecule has 2 fully saturated rings. The molecule has 1 atom stereocenters. The van der Waals surface area contributed by atoms with Crippen molar-refractivity contribution >= 4 is 17.6 Å². The second-order valence-corrected chi connectivity index (χ2v) is 10.1. The van der Waals surface area contributed by atoms with E-state index in [2.05, 4.69) is 56.4 Å². The summed E-state index contributed by atoms with van der Waals surface area (Å²) in [5.41, 5.74) is 2.52. The quantitative estimate of drug-likeness (QED) is 0.317. The van der Waals surface area contributed by atoms with Gasteiger partial charge in [0, 0.05) is 70.5 Å². The van der Waals surface area contributed by atoms with Gasteiger partial charge in [-0.3, -0.25) is 14.7 Å². The van der Waals surface area contributed by atoms with Crippen molar-refractivity contribution in [1.82, 2.24) is 20.0 Å². The fourth-order valence-corrected chi connectivity index (χ4v) is 4.91. The molecular weight excluding hydrogens is 520 g/mol. The number of piperazine rings is 2. The molecule has 2 heterocycles. The Bertz CT molecular complexity index is 923. The number of benzene rings is 2. The Morgan fingerprint density at radius 2 is 1.41 bits per heavy atom. The lowest BCUT2D eigenvalue weighted by Gasteiger charge is -2.39. The van der Waals surface area contributed by atoms with E-state index in [1.807, 2.05) is 18.2 Å². The van der Waals surface area contributed by atoms with E-state index in [1.165, 1.54) is 11.1 Å². The summed E-state index contributed by atoms with van der Waals surface area (Å²) in [6, 6.07) is 18.8. The molecule has 0 aliphatic carbocycles. The average Bonchev–Trinajstić information content (AvgIpc) is 2.97. The van der Waals surface area contributed by atoms with Crippen molar-refractivity contribution in [2.45, 2.75) is 6.04 Å². The number of nitrogens with one attached hydrogen (secondary N) is 1. The number of hydrogen-bond donors (Lipinski definition) is 3. The van der Waals surface area contributed by atoms with Crippen LogP contribution in [0.4, 0.5) is 0 Å². The van der Waals surface area contributed by atoms with Crippen LogP contribution in [0.15, 0.2) is 54.6 Å². The molecule has 2 aliphatic heterocycles. The molecule has 4 rings (SSSR count). The smallest absolute Gasteiger partial charge is 0.329 e. The Labute approximate surface area is 237 Å². The molecule has 0 aromatic heterocycles. The summed E-state index contributed by atoms with van der Waals surface area (Å²) in [6.07, 6.45) is 0. The molecule has 0 saturated carbocycles. The molecular formula is C29H43ClN4O5. The zero-order valence-corrected chi connectivity index (χ0v) is 23.5. The van der Waals surface area contributed by atoms with Crippen molar-refractivity contribution in [2.75, 3.05) is 98.5 Å². The van der Waals surface area contributed by atoms with E-state index < -0.39 is 5.97 Å². The second-order valence-electron chi connectivity index (χ2n) is 9.62. The van der Waals surface area contributed by atoms with Gasteiger partial charge in [0.2, 0.25) is 0 Å². The first-order valence-corrected chi connectivity index (χ1v) is 14.1. The van der Waals surface area contributed by atoms with E-state index in [-0.39, 0.29) is 19.3 Å². The Kier molecular flexibility index (Phi) is 14.8. The SMILES string of the molecule is O=C(O)COCCN1CCN(C(c2ccccc2)c2ccc(Cl)cc2)CC1.OCCOCCN1CCNCC1. The maximum absolute atomic E-state index is 10.5. The lowest BCUT2D eigenvalue weighted by molar-refractivity contribution is -0.142. The molecule has 1 unspecified atom stereocenters. The third-order valence-electron chi connectivity index (χ3n) is 6.85. The van der Waals surface area contributed by atoms with E-state index in [4.69, 9.17) is 31.3 Å². The lowest BCUT2D eigenvalue weighted by atomic mass is 9.96. The highest BCUT2D eigenvalue weighted by atomic mass is 35.5. The van der Waals surface area contributed by atoms with Gasteiger partial charge in [-0.05, 0) is 23.3 Å². The van der Waals surface area contributed by atoms with Crippen LogP contribution in [0.1, 0.15) is 17.2 Å². The van der Waals surface area contributed by atoms with Crippen molar-refractivity contribution in [2.24, 2.45) is 0 Å². The van der Waals surface area contributed by atoms with Gasteiger partial charge in [0.1, 0.15) is 6.61 Å². The van der Waals surface area contributed by atoms with Crippen LogP contribution in [0.25, 0.3) is 0 Å². The molecule has 0 bridgehead atoms. The second kappa shape index (κ2) is 18.3. The van der Waals surface area contributed by atoms with Crippen molar-refractivity contribution in [3.8, 4) is 0 Å². The number of carboxylic acid groups (broad SMARTS) is 1. The number of aliphatic carboxylic acids is 1. The van der Waals surface area contributed by atoms with Gasteiger partial charge < -0.3 is 25.0 Å². The summed E-state index contributed by atoms with van der Waals surface area (Å²) >= 11 is 6.08. The van der Waals surface area contributed by atoms with Crippen LogP contribution in [0.3, 0.4) is 0 Å². The molecule has 0 spiro atoms. The van der Waals surface area contributed by atoms with Crippen molar-refractivity contribution < 1.29 is 24.5 Å². The molecule has 10 heteroatoms. The minimum atomic E-state index is -0.923. The third-order valence-corrected chi connectivity index (χ3v) is 7.10. The summed E-state index contributed by atoms with van der Waals surface area (Å²) in [6.45, 7) is 11.5. The van der Waals surface area contributed by atoms with Gasteiger partial charge in [-0.25, -0.2) is 4.79 Å². The monoisotopic (exact) mass is 562 g/mol. The predicted octanol–water partition coefficient (Wildman–Crippen LogP) is 2.05. The largest absolute Gasteiger partial charge is 0.480 e. The van der Waals surface area contributed by atoms with Gasteiger partial charge in [0.05, 0.1) is 32.5 Å². The summed E-state index contributed by atoms with van der Waals surface area (Å²) in [5.74, 6) is -0.923. The van der Waals surface area contributed by atoms with E-state index >= 15 is 0 Å². The summed E-state index contributed by atoms with van der Waals surface area (Å²) in [4.78, 5) is 17.7. The van der Waals surface area contributed by atoms with E-state index in [9.17, 15) is 4.79 Å². The first-order valence-electron chi connectivity index (χ1n) is 13.7.